The summed E-state index contributed by atoms with van der Waals surface area (Å²) >= 11 is 13.2. The van der Waals surface area contributed by atoms with Crippen molar-refractivity contribution in [2.24, 2.45) is 0 Å². The highest BCUT2D eigenvalue weighted by Crippen LogP contribution is 2.51. The molecule has 6 rings (SSSR count). The molecule has 1 aliphatic carbocycles. The Hall–Kier alpha value is -3.14. The number of halogens is 2. The van der Waals surface area contributed by atoms with Gasteiger partial charge in [0.2, 0.25) is 0 Å². The average molecular weight is 471 g/mol. The molecule has 2 atom stereocenters. The molecule has 1 aliphatic heterocycles. The van der Waals surface area contributed by atoms with Crippen LogP contribution < -0.4 is 5.32 Å². The summed E-state index contributed by atoms with van der Waals surface area (Å²) in [7, 11) is 0. The molecule has 33 heavy (non-hydrogen) atoms. The number of hydrogen-bond acceptors (Lipinski definition) is 3. The first-order chi connectivity index (χ1) is 16.1. The molecule has 2 aliphatic rings. The number of carbonyl (C=O) groups is 1. The van der Waals surface area contributed by atoms with E-state index in [9.17, 15) is 4.79 Å². The first-order valence-electron chi connectivity index (χ1n) is 11.0. The Morgan fingerprint density at radius 3 is 2.58 bits per heavy atom. The van der Waals surface area contributed by atoms with Gasteiger partial charge in [0.25, 0.3) is 0 Å². The number of hydrogen-bond donors (Lipinski definition) is 1. The molecule has 0 amide bonds. The van der Waals surface area contributed by atoms with E-state index in [1.54, 1.807) is 12.3 Å². The van der Waals surface area contributed by atoms with Gasteiger partial charge >= 0.3 is 0 Å². The van der Waals surface area contributed by atoms with Gasteiger partial charge in [0.15, 0.2) is 5.78 Å². The number of Topliss-reactive ketones (excluding diaryl/α,β-unsaturated/α-hetero) is 1. The van der Waals surface area contributed by atoms with Crippen LogP contribution in [-0.4, -0.2) is 10.8 Å². The fourth-order valence-electron chi connectivity index (χ4n) is 5.30. The first kappa shape index (κ1) is 20.5. The zero-order chi connectivity index (χ0) is 22.5. The van der Waals surface area contributed by atoms with Crippen molar-refractivity contribution in [2.45, 2.75) is 24.7 Å². The summed E-state index contributed by atoms with van der Waals surface area (Å²) in [6.07, 6.45) is 3.02. The third-order valence-corrected chi connectivity index (χ3v) is 7.59. The zero-order valence-electron chi connectivity index (χ0n) is 17.7. The van der Waals surface area contributed by atoms with Crippen molar-refractivity contribution in [1.82, 2.24) is 4.98 Å². The van der Waals surface area contributed by atoms with Crippen LogP contribution in [0.15, 0.2) is 90.3 Å². The normalized spacial score (nSPS) is 19.8. The minimum absolute atomic E-state index is 0.143. The monoisotopic (exact) mass is 470 g/mol. The first-order valence-corrected chi connectivity index (χ1v) is 11.8. The van der Waals surface area contributed by atoms with E-state index in [2.05, 4.69) is 34.6 Å². The second-order valence-electron chi connectivity index (χ2n) is 8.63. The zero-order valence-corrected chi connectivity index (χ0v) is 19.2. The minimum Gasteiger partial charge on any atom is -0.358 e. The highest BCUT2D eigenvalue weighted by Gasteiger charge is 2.40. The quantitative estimate of drug-likeness (QED) is 0.329. The number of pyridine rings is 1. The Bertz CT molecular complexity index is 1450. The van der Waals surface area contributed by atoms with Gasteiger partial charge in [0, 0.05) is 40.9 Å². The lowest BCUT2D eigenvalue weighted by atomic mass is 9.71. The molecular formula is C28H20Cl2N2O. The maximum Gasteiger partial charge on any atom is 0.162 e. The smallest absolute Gasteiger partial charge is 0.162 e. The van der Waals surface area contributed by atoms with Gasteiger partial charge in [-0.25, -0.2) is 0 Å². The molecule has 0 bridgehead atoms. The predicted octanol–water partition coefficient (Wildman–Crippen LogP) is 7.50. The van der Waals surface area contributed by atoms with Crippen LogP contribution in [0.1, 0.15) is 41.4 Å². The van der Waals surface area contributed by atoms with Gasteiger partial charge in [0.05, 0.1) is 15.6 Å². The Kier molecular flexibility index (Phi) is 4.97. The van der Waals surface area contributed by atoms with E-state index < -0.39 is 0 Å². The van der Waals surface area contributed by atoms with Crippen LogP contribution in [0.2, 0.25) is 10.0 Å². The third-order valence-electron chi connectivity index (χ3n) is 6.76. The van der Waals surface area contributed by atoms with E-state index in [0.717, 1.165) is 45.4 Å². The summed E-state index contributed by atoms with van der Waals surface area (Å²) in [5, 5.41) is 5.59. The van der Waals surface area contributed by atoms with Crippen molar-refractivity contribution in [1.29, 1.82) is 0 Å². The van der Waals surface area contributed by atoms with E-state index in [0.29, 0.717) is 16.5 Å². The molecule has 0 radical (unpaired) electrons. The lowest BCUT2D eigenvalue weighted by Crippen LogP contribution is -2.30. The molecule has 0 saturated heterocycles. The summed E-state index contributed by atoms with van der Waals surface area (Å²) in [6, 6.07) is 24.0. The molecule has 2 unspecified atom stereocenters. The topological polar surface area (TPSA) is 42.0 Å². The second-order valence-corrected chi connectivity index (χ2v) is 9.41. The minimum atomic E-state index is -0.306. The van der Waals surface area contributed by atoms with E-state index in [4.69, 9.17) is 23.2 Å². The number of rotatable bonds is 2. The van der Waals surface area contributed by atoms with Crippen LogP contribution >= 0.6 is 23.2 Å². The standard InChI is InChI=1S/C28H20Cl2N2O/c29-20-10-4-8-19(28(20)30)26-25-18-9-5-13-31-21(18)11-12-22(25)32-23-14-17(15-24(33)27(23)26)16-6-2-1-3-7-16/h1-13,17,26,32H,14-15H2. The summed E-state index contributed by atoms with van der Waals surface area (Å²) in [5.41, 5.74) is 6.68. The third kappa shape index (κ3) is 3.35. The van der Waals surface area contributed by atoms with Gasteiger partial charge in [-0.15, -0.1) is 0 Å². The number of nitrogens with one attached hydrogen (secondary N) is 1. The molecule has 2 heterocycles. The fourth-order valence-corrected chi connectivity index (χ4v) is 5.72. The maximum absolute atomic E-state index is 13.7. The van der Waals surface area contributed by atoms with Crippen molar-refractivity contribution < 1.29 is 4.79 Å². The van der Waals surface area contributed by atoms with Gasteiger partial charge in [-0.1, -0.05) is 71.7 Å². The highest BCUT2D eigenvalue weighted by molar-refractivity contribution is 6.42. The molecule has 1 aromatic heterocycles. The molecular weight excluding hydrogens is 451 g/mol. The number of nitrogens with zero attached hydrogens (tertiary/aromatic N) is 1. The van der Waals surface area contributed by atoms with Crippen LogP contribution in [0.25, 0.3) is 10.9 Å². The summed E-state index contributed by atoms with van der Waals surface area (Å²) < 4.78 is 0. The molecule has 4 aromatic rings. The van der Waals surface area contributed by atoms with Gasteiger partial charge in [0.1, 0.15) is 0 Å². The van der Waals surface area contributed by atoms with E-state index in [1.165, 1.54) is 5.56 Å². The van der Waals surface area contributed by atoms with Crippen molar-refractivity contribution in [2.75, 3.05) is 5.32 Å². The van der Waals surface area contributed by atoms with Crippen molar-refractivity contribution in [3.05, 3.63) is 117 Å². The molecule has 0 fully saturated rings. The predicted molar refractivity (Wildman–Crippen MR) is 134 cm³/mol. The van der Waals surface area contributed by atoms with E-state index in [1.807, 2.05) is 42.5 Å². The number of fused-ring (bicyclic) bond motifs is 3. The van der Waals surface area contributed by atoms with Crippen LogP contribution in [0.4, 0.5) is 5.69 Å². The highest BCUT2D eigenvalue weighted by atomic mass is 35.5. The van der Waals surface area contributed by atoms with Crippen molar-refractivity contribution in [3.8, 4) is 0 Å². The summed E-state index contributed by atoms with van der Waals surface area (Å²) in [5.74, 6) is -0.0196. The van der Waals surface area contributed by atoms with E-state index >= 15 is 0 Å². The fraction of sp³-hybridized carbons (Fsp3) is 0.143. The van der Waals surface area contributed by atoms with E-state index in [-0.39, 0.29) is 17.6 Å². The lowest BCUT2D eigenvalue weighted by Gasteiger charge is -2.37. The SMILES string of the molecule is O=C1CC(c2ccccc2)CC2=C1C(c1cccc(Cl)c1Cl)c1c(ccc3ncccc13)N2. The van der Waals surface area contributed by atoms with Crippen molar-refractivity contribution in [3.63, 3.8) is 0 Å². The molecule has 5 heteroatoms. The number of ketones is 1. The Balaban J connectivity index is 1.59. The molecule has 3 aromatic carbocycles. The Morgan fingerprint density at radius 2 is 1.73 bits per heavy atom. The Labute approximate surface area is 202 Å². The van der Waals surface area contributed by atoms with Crippen LogP contribution in [0, 0.1) is 0 Å². The van der Waals surface area contributed by atoms with Gasteiger partial charge in [-0.3, -0.25) is 9.78 Å². The number of aromatic nitrogens is 1. The average Bonchev–Trinajstić information content (AvgIpc) is 2.85. The van der Waals surface area contributed by atoms with Crippen LogP contribution in [0.5, 0.6) is 0 Å². The number of benzene rings is 3. The molecule has 1 N–H and O–H groups in total. The van der Waals surface area contributed by atoms with Crippen LogP contribution in [0.3, 0.4) is 0 Å². The number of allylic oxidation sites excluding steroid dienone is 2. The van der Waals surface area contributed by atoms with Gasteiger partial charge < -0.3 is 5.32 Å². The van der Waals surface area contributed by atoms with Gasteiger partial charge in [-0.05, 0) is 53.3 Å². The van der Waals surface area contributed by atoms with Crippen molar-refractivity contribution >= 4 is 45.6 Å². The molecule has 0 spiro atoms. The molecule has 162 valence electrons. The number of anilines is 1. The summed E-state index contributed by atoms with van der Waals surface area (Å²) in [6.45, 7) is 0. The molecule has 0 saturated carbocycles. The van der Waals surface area contributed by atoms with Crippen LogP contribution in [-0.2, 0) is 4.79 Å². The lowest BCUT2D eigenvalue weighted by molar-refractivity contribution is -0.116. The molecule has 3 nitrogen and oxygen atoms in total. The Morgan fingerprint density at radius 1 is 0.879 bits per heavy atom. The summed E-state index contributed by atoms with van der Waals surface area (Å²) in [4.78, 5) is 18.3. The maximum atomic E-state index is 13.7. The van der Waals surface area contributed by atoms with Gasteiger partial charge in [-0.2, -0.15) is 0 Å². The second kappa shape index (κ2) is 8.02. The number of carbonyl (C=O) groups excluding carboxylic acids is 1. The largest absolute Gasteiger partial charge is 0.358 e.